The molecular formula is C7H2ClF5IN. The molecule has 0 unspecified atom stereocenters. The minimum atomic E-state index is -5.64. The first-order chi connectivity index (χ1) is 6.66. The molecule has 1 nitrogen and oxygen atoms in total. The maximum atomic E-state index is 12.8. The number of aromatic nitrogens is 1. The Morgan fingerprint density at radius 1 is 1.13 bits per heavy atom. The Morgan fingerprint density at radius 3 is 2.07 bits per heavy atom. The van der Waals surface area contributed by atoms with E-state index in [0.717, 1.165) is 6.07 Å². The average molecular weight is 357 g/mol. The van der Waals surface area contributed by atoms with Crippen molar-refractivity contribution in [3.05, 3.63) is 26.5 Å². The highest BCUT2D eigenvalue weighted by molar-refractivity contribution is 14.1. The van der Waals surface area contributed by atoms with Gasteiger partial charge in [-0.3, -0.25) is 0 Å². The highest BCUT2D eigenvalue weighted by atomic mass is 127. The van der Waals surface area contributed by atoms with E-state index in [2.05, 4.69) is 4.98 Å². The molecule has 0 saturated carbocycles. The Kier molecular flexibility index (Phi) is 3.44. The smallest absolute Gasteiger partial charge is 0.230 e. The van der Waals surface area contributed by atoms with Crippen molar-refractivity contribution in [1.82, 2.24) is 4.98 Å². The zero-order chi connectivity index (χ0) is 11.9. The summed E-state index contributed by atoms with van der Waals surface area (Å²) in [6.45, 7) is 0. The Hall–Kier alpha value is -0.180. The molecule has 0 aromatic carbocycles. The maximum absolute atomic E-state index is 12.8. The lowest BCUT2D eigenvalue weighted by atomic mass is 10.1. The summed E-state index contributed by atoms with van der Waals surface area (Å²) in [7, 11) is 0. The molecule has 0 atom stereocenters. The normalized spacial score (nSPS) is 13.0. The fourth-order valence-corrected chi connectivity index (χ4v) is 1.87. The van der Waals surface area contributed by atoms with Crippen molar-refractivity contribution in [2.24, 2.45) is 0 Å². The molecule has 15 heavy (non-hydrogen) atoms. The topological polar surface area (TPSA) is 12.9 Å². The van der Waals surface area contributed by atoms with Gasteiger partial charge in [-0.1, -0.05) is 11.6 Å². The second kappa shape index (κ2) is 4.00. The number of halogens is 7. The molecule has 0 aliphatic rings. The van der Waals surface area contributed by atoms with Crippen LogP contribution in [0, 0.1) is 3.70 Å². The molecule has 0 radical (unpaired) electrons. The predicted molar refractivity (Wildman–Crippen MR) is 51.9 cm³/mol. The Labute approximate surface area is 99.8 Å². The van der Waals surface area contributed by atoms with E-state index in [1.165, 1.54) is 22.6 Å². The highest BCUT2D eigenvalue weighted by Gasteiger charge is 2.59. The van der Waals surface area contributed by atoms with Crippen LogP contribution in [0.25, 0.3) is 0 Å². The molecule has 0 amide bonds. The molecule has 0 fully saturated rings. The SMILES string of the molecule is FC(F)(F)C(F)(F)c1ccc(Cl)nc1I. The summed E-state index contributed by atoms with van der Waals surface area (Å²) in [6.07, 6.45) is -5.64. The van der Waals surface area contributed by atoms with Gasteiger partial charge in [0.15, 0.2) is 0 Å². The minimum absolute atomic E-state index is 0.138. The summed E-state index contributed by atoms with van der Waals surface area (Å²) in [5.74, 6) is -4.92. The van der Waals surface area contributed by atoms with Gasteiger partial charge in [0.1, 0.15) is 8.85 Å². The maximum Gasteiger partial charge on any atom is 0.458 e. The quantitative estimate of drug-likeness (QED) is 0.421. The summed E-state index contributed by atoms with van der Waals surface area (Å²) < 4.78 is 61.2. The number of rotatable bonds is 1. The molecule has 1 rings (SSSR count). The largest absolute Gasteiger partial charge is 0.458 e. The number of alkyl halides is 5. The van der Waals surface area contributed by atoms with Crippen LogP contribution in [-0.2, 0) is 5.92 Å². The molecule has 0 bridgehead atoms. The summed E-state index contributed by atoms with van der Waals surface area (Å²) in [4.78, 5) is 3.33. The molecule has 0 aliphatic carbocycles. The van der Waals surface area contributed by atoms with Gasteiger partial charge in [0, 0.05) is 0 Å². The second-order valence-electron chi connectivity index (χ2n) is 2.54. The van der Waals surface area contributed by atoms with Crippen molar-refractivity contribution in [3.63, 3.8) is 0 Å². The molecule has 84 valence electrons. The third-order valence-corrected chi connectivity index (χ3v) is 2.54. The van der Waals surface area contributed by atoms with E-state index in [-0.39, 0.29) is 5.15 Å². The summed E-state index contributed by atoms with van der Waals surface area (Å²) >= 11 is 6.61. The molecule has 0 spiro atoms. The van der Waals surface area contributed by atoms with Crippen LogP contribution in [0.4, 0.5) is 22.0 Å². The fourth-order valence-electron chi connectivity index (χ4n) is 0.799. The van der Waals surface area contributed by atoms with Gasteiger partial charge >= 0.3 is 12.1 Å². The number of hydrogen-bond acceptors (Lipinski definition) is 1. The van der Waals surface area contributed by atoms with Gasteiger partial charge in [-0.05, 0) is 34.7 Å². The van der Waals surface area contributed by atoms with Gasteiger partial charge in [-0.25, -0.2) is 4.98 Å². The molecule has 8 heteroatoms. The lowest BCUT2D eigenvalue weighted by molar-refractivity contribution is -0.289. The van der Waals surface area contributed by atoms with Crippen LogP contribution < -0.4 is 0 Å². The van der Waals surface area contributed by atoms with Gasteiger partial charge in [-0.2, -0.15) is 22.0 Å². The molecule has 0 saturated heterocycles. The van der Waals surface area contributed by atoms with E-state index in [0.29, 0.717) is 6.07 Å². The minimum Gasteiger partial charge on any atom is -0.230 e. The molecule has 1 heterocycles. The zero-order valence-corrected chi connectivity index (χ0v) is 9.66. The highest BCUT2D eigenvalue weighted by Crippen LogP contribution is 2.45. The summed E-state index contributed by atoms with van der Waals surface area (Å²) in [6, 6.07) is 1.50. The monoisotopic (exact) mass is 357 g/mol. The Morgan fingerprint density at radius 2 is 1.67 bits per heavy atom. The van der Waals surface area contributed by atoms with E-state index in [4.69, 9.17) is 11.6 Å². The number of pyridine rings is 1. The fraction of sp³-hybridized carbons (Fsp3) is 0.286. The standard InChI is InChI=1S/C7H2ClF5IN/c8-4-2-1-3(5(14)15-4)6(9,10)7(11,12)13/h1-2H. The van der Waals surface area contributed by atoms with Crippen LogP contribution in [0.5, 0.6) is 0 Å². The van der Waals surface area contributed by atoms with Crippen molar-refractivity contribution in [2.45, 2.75) is 12.1 Å². The van der Waals surface area contributed by atoms with E-state index in [1.807, 2.05) is 0 Å². The number of hydrogen-bond donors (Lipinski definition) is 0. The Balaban J connectivity index is 3.28. The van der Waals surface area contributed by atoms with Crippen LogP contribution in [0.3, 0.4) is 0 Å². The second-order valence-corrected chi connectivity index (χ2v) is 3.95. The van der Waals surface area contributed by atoms with Gasteiger partial charge in [0.2, 0.25) is 0 Å². The van der Waals surface area contributed by atoms with Gasteiger partial charge in [0.25, 0.3) is 0 Å². The molecular weight excluding hydrogens is 355 g/mol. The van der Waals surface area contributed by atoms with Gasteiger partial charge < -0.3 is 0 Å². The van der Waals surface area contributed by atoms with Crippen molar-refractivity contribution in [3.8, 4) is 0 Å². The van der Waals surface area contributed by atoms with E-state index >= 15 is 0 Å². The van der Waals surface area contributed by atoms with Crippen molar-refractivity contribution in [2.75, 3.05) is 0 Å². The van der Waals surface area contributed by atoms with Crippen molar-refractivity contribution >= 4 is 34.2 Å². The van der Waals surface area contributed by atoms with E-state index < -0.39 is 21.4 Å². The van der Waals surface area contributed by atoms with Gasteiger partial charge in [0.05, 0.1) is 5.56 Å². The lowest BCUT2D eigenvalue weighted by Gasteiger charge is -2.20. The lowest BCUT2D eigenvalue weighted by Crippen LogP contribution is -2.34. The van der Waals surface area contributed by atoms with Crippen LogP contribution in [0.2, 0.25) is 5.15 Å². The molecule has 0 aliphatic heterocycles. The van der Waals surface area contributed by atoms with Gasteiger partial charge in [-0.15, -0.1) is 0 Å². The van der Waals surface area contributed by atoms with E-state index in [9.17, 15) is 22.0 Å². The first kappa shape index (κ1) is 12.9. The molecule has 0 N–H and O–H groups in total. The molecule has 1 aromatic heterocycles. The number of nitrogens with zero attached hydrogens (tertiary/aromatic N) is 1. The van der Waals surface area contributed by atoms with Crippen LogP contribution in [0.15, 0.2) is 12.1 Å². The Bertz CT molecular complexity index is 378. The van der Waals surface area contributed by atoms with Crippen LogP contribution >= 0.6 is 34.2 Å². The summed E-state index contributed by atoms with van der Waals surface area (Å²) in [5.41, 5.74) is -1.19. The van der Waals surface area contributed by atoms with Crippen LogP contribution in [-0.4, -0.2) is 11.2 Å². The van der Waals surface area contributed by atoms with E-state index in [1.54, 1.807) is 0 Å². The van der Waals surface area contributed by atoms with Crippen molar-refractivity contribution < 1.29 is 22.0 Å². The third-order valence-electron chi connectivity index (χ3n) is 1.51. The van der Waals surface area contributed by atoms with Crippen molar-refractivity contribution in [1.29, 1.82) is 0 Å². The first-order valence-electron chi connectivity index (χ1n) is 3.43. The third kappa shape index (κ3) is 2.49. The first-order valence-corrected chi connectivity index (χ1v) is 4.89. The average Bonchev–Trinajstić information content (AvgIpc) is 2.00. The zero-order valence-electron chi connectivity index (χ0n) is 6.75. The molecule has 1 aromatic rings. The summed E-state index contributed by atoms with van der Waals surface area (Å²) in [5, 5.41) is -0.138. The predicted octanol–water partition coefficient (Wildman–Crippen LogP) is 3.99. The van der Waals surface area contributed by atoms with Crippen LogP contribution in [0.1, 0.15) is 5.56 Å².